The van der Waals surface area contributed by atoms with Crippen molar-refractivity contribution in [2.24, 2.45) is 11.0 Å². The Kier molecular flexibility index (Phi) is 5.37. The van der Waals surface area contributed by atoms with E-state index in [9.17, 15) is 4.79 Å². The number of Topliss-reactive ketones (excluding diaryl/α,β-unsaturated/α-hetero) is 1. The molecular weight excluding hydrogens is 202 g/mol. The summed E-state index contributed by atoms with van der Waals surface area (Å²) in [5.41, 5.74) is 9.14. The molecule has 0 radical (unpaired) electrons. The van der Waals surface area contributed by atoms with Crippen LogP contribution in [0.1, 0.15) is 32.1 Å². The topological polar surface area (TPSA) is 65.8 Å². The molecule has 1 aliphatic rings. The number of allylic oxidation sites excluding steroid dienone is 3. The van der Waals surface area contributed by atoms with Crippen LogP contribution < -0.4 is 0 Å². The molecule has 0 bridgehead atoms. The molecule has 4 nitrogen and oxygen atoms in total. The molecule has 0 saturated carbocycles. The third kappa shape index (κ3) is 3.55. The van der Waals surface area contributed by atoms with Crippen LogP contribution in [0.2, 0.25) is 0 Å². The van der Waals surface area contributed by atoms with Gasteiger partial charge in [0.15, 0.2) is 5.78 Å². The molecule has 86 valence electrons. The monoisotopic (exact) mass is 219 g/mol. The average molecular weight is 219 g/mol. The summed E-state index contributed by atoms with van der Waals surface area (Å²) in [5.74, 6) is 0.426. The van der Waals surface area contributed by atoms with Gasteiger partial charge in [-0.15, -0.1) is 6.58 Å². The van der Waals surface area contributed by atoms with Crippen LogP contribution >= 0.6 is 0 Å². The molecule has 0 heterocycles. The van der Waals surface area contributed by atoms with Crippen LogP contribution in [0.5, 0.6) is 0 Å². The smallest absolute Gasteiger partial charge is 0.158 e. The van der Waals surface area contributed by atoms with Crippen molar-refractivity contribution < 1.29 is 4.79 Å². The molecule has 0 saturated heterocycles. The zero-order valence-electron chi connectivity index (χ0n) is 9.43. The van der Waals surface area contributed by atoms with E-state index in [1.165, 1.54) is 0 Å². The standard InChI is InChI=1S/C12H17N3O/c1-2-5-10(8-9-14-15-13)11-6-3-4-7-12(11)16/h2,6,10H,1,3-5,7-9H2. The number of hydrogen-bond donors (Lipinski definition) is 0. The minimum Gasteiger partial charge on any atom is -0.295 e. The minimum absolute atomic E-state index is 0.177. The molecule has 0 spiro atoms. The molecule has 0 N–H and O–H groups in total. The number of carbonyl (C=O) groups is 1. The molecule has 0 aliphatic heterocycles. The van der Waals surface area contributed by atoms with Crippen LogP contribution in [0.25, 0.3) is 10.4 Å². The Balaban J connectivity index is 2.67. The highest BCUT2D eigenvalue weighted by Crippen LogP contribution is 2.26. The number of carbonyl (C=O) groups excluding carboxylic acids is 1. The lowest BCUT2D eigenvalue weighted by Gasteiger charge is -2.20. The zero-order valence-corrected chi connectivity index (χ0v) is 9.43. The van der Waals surface area contributed by atoms with Crippen molar-refractivity contribution in [3.63, 3.8) is 0 Å². The first kappa shape index (κ1) is 12.5. The van der Waals surface area contributed by atoms with Gasteiger partial charge in [-0.2, -0.15) is 0 Å². The van der Waals surface area contributed by atoms with Gasteiger partial charge in [-0.1, -0.05) is 17.3 Å². The van der Waals surface area contributed by atoms with Crippen LogP contribution in [0.4, 0.5) is 0 Å². The molecule has 1 atom stereocenters. The zero-order chi connectivity index (χ0) is 11.8. The van der Waals surface area contributed by atoms with Crippen molar-refractivity contribution in [1.82, 2.24) is 0 Å². The fourth-order valence-corrected chi connectivity index (χ4v) is 2.03. The Morgan fingerprint density at radius 2 is 2.50 bits per heavy atom. The van der Waals surface area contributed by atoms with Crippen LogP contribution in [0.3, 0.4) is 0 Å². The van der Waals surface area contributed by atoms with Gasteiger partial charge in [0.2, 0.25) is 0 Å². The molecule has 1 unspecified atom stereocenters. The molecule has 1 rings (SSSR count). The van der Waals surface area contributed by atoms with E-state index in [2.05, 4.69) is 16.6 Å². The van der Waals surface area contributed by atoms with Gasteiger partial charge in [0, 0.05) is 17.9 Å². The average Bonchev–Trinajstić information content (AvgIpc) is 2.29. The molecule has 0 aromatic carbocycles. The van der Waals surface area contributed by atoms with Crippen molar-refractivity contribution in [2.75, 3.05) is 6.54 Å². The second-order valence-electron chi connectivity index (χ2n) is 3.94. The highest BCUT2D eigenvalue weighted by atomic mass is 16.1. The number of ketones is 1. The largest absolute Gasteiger partial charge is 0.295 e. The van der Waals surface area contributed by atoms with Gasteiger partial charge in [0.05, 0.1) is 0 Å². The number of azide groups is 1. The third-order valence-electron chi connectivity index (χ3n) is 2.83. The summed E-state index contributed by atoms with van der Waals surface area (Å²) in [6, 6.07) is 0. The Morgan fingerprint density at radius 1 is 1.69 bits per heavy atom. The lowest BCUT2D eigenvalue weighted by molar-refractivity contribution is -0.116. The predicted molar refractivity (Wildman–Crippen MR) is 63.9 cm³/mol. The third-order valence-corrected chi connectivity index (χ3v) is 2.83. The lowest BCUT2D eigenvalue weighted by Crippen LogP contribution is -2.16. The Labute approximate surface area is 95.7 Å². The highest BCUT2D eigenvalue weighted by molar-refractivity contribution is 5.96. The van der Waals surface area contributed by atoms with E-state index in [0.29, 0.717) is 13.0 Å². The Hall–Kier alpha value is -1.54. The number of nitrogens with zero attached hydrogens (tertiary/aromatic N) is 3. The number of rotatable bonds is 6. The summed E-state index contributed by atoms with van der Waals surface area (Å²) >= 11 is 0. The summed E-state index contributed by atoms with van der Waals surface area (Å²) in [5, 5.41) is 3.52. The van der Waals surface area contributed by atoms with Crippen molar-refractivity contribution >= 4 is 5.78 Å². The molecule has 0 aromatic rings. The Morgan fingerprint density at radius 3 is 3.12 bits per heavy atom. The maximum Gasteiger partial charge on any atom is 0.158 e. The molecule has 1 aliphatic carbocycles. The quantitative estimate of drug-likeness (QED) is 0.291. The summed E-state index contributed by atoms with van der Waals surface area (Å²) in [6.07, 6.45) is 7.96. The van der Waals surface area contributed by atoms with E-state index in [1.807, 2.05) is 12.2 Å². The fraction of sp³-hybridized carbons (Fsp3) is 0.583. The molecule has 0 aromatic heterocycles. The van der Waals surface area contributed by atoms with E-state index in [0.717, 1.165) is 31.3 Å². The van der Waals surface area contributed by atoms with Crippen LogP contribution in [-0.4, -0.2) is 12.3 Å². The predicted octanol–water partition coefficient (Wildman–Crippen LogP) is 3.56. The fourth-order valence-electron chi connectivity index (χ4n) is 2.03. The molecule has 4 heteroatoms. The van der Waals surface area contributed by atoms with Gasteiger partial charge in [-0.05, 0) is 42.7 Å². The first-order valence-electron chi connectivity index (χ1n) is 5.64. The molecule has 0 fully saturated rings. The lowest BCUT2D eigenvalue weighted by atomic mass is 9.84. The van der Waals surface area contributed by atoms with Crippen molar-refractivity contribution in [3.8, 4) is 0 Å². The van der Waals surface area contributed by atoms with Crippen molar-refractivity contribution in [3.05, 3.63) is 34.7 Å². The highest BCUT2D eigenvalue weighted by Gasteiger charge is 2.21. The molecule has 16 heavy (non-hydrogen) atoms. The van der Waals surface area contributed by atoms with E-state index in [-0.39, 0.29) is 11.7 Å². The van der Waals surface area contributed by atoms with Gasteiger partial charge < -0.3 is 0 Å². The minimum atomic E-state index is 0.177. The normalized spacial score (nSPS) is 17.2. The molecular formula is C12H17N3O. The number of hydrogen-bond acceptors (Lipinski definition) is 2. The van der Waals surface area contributed by atoms with E-state index in [1.54, 1.807) is 0 Å². The van der Waals surface area contributed by atoms with Gasteiger partial charge in [-0.3, -0.25) is 4.79 Å². The second kappa shape index (κ2) is 6.85. The van der Waals surface area contributed by atoms with Gasteiger partial charge in [0.1, 0.15) is 0 Å². The summed E-state index contributed by atoms with van der Waals surface area (Å²) in [4.78, 5) is 14.5. The second-order valence-corrected chi connectivity index (χ2v) is 3.94. The van der Waals surface area contributed by atoms with Crippen LogP contribution in [0.15, 0.2) is 29.4 Å². The van der Waals surface area contributed by atoms with Crippen molar-refractivity contribution in [2.45, 2.75) is 32.1 Å². The summed E-state index contributed by atoms with van der Waals surface area (Å²) in [7, 11) is 0. The van der Waals surface area contributed by atoms with Crippen LogP contribution in [-0.2, 0) is 4.79 Å². The summed E-state index contributed by atoms with van der Waals surface area (Å²) < 4.78 is 0. The maximum absolute atomic E-state index is 11.7. The van der Waals surface area contributed by atoms with E-state index >= 15 is 0 Å². The first-order valence-corrected chi connectivity index (χ1v) is 5.64. The van der Waals surface area contributed by atoms with Gasteiger partial charge in [-0.25, -0.2) is 0 Å². The maximum atomic E-state index is 11.7. The Bertz CT molecular complexity index is 340. The van der Waals surface area contributed by atoms with E-state index < -0.39 is 0 Å². The van der Waals surface area contributed by atoms with Gasteiger partial charge in [0.25, 0.3) is 0 Å². The first-order chi connectivity index (χ1) is 7.79. The van der Waals surface area contributed by atoms with Crippen molar-refractivity contribution in [1.29, 1.82) is 0 Å². The SMILES string of the molecule is C=CCC(CCN=[N+]=[N-])C1=CCCCC1=O. The summed E-state index contributed by atoms with van der Waals surface area (Å²) in [6.45, 7) is 4.15. The van der Waals surface area contributed by atoms with E-state index in [4.69, 9.17) is 5.53 Å². The van der Waals surface area contributed by atoms with Gasteiger partial charge >= 0.3 is 0 Å². The van der Waals surface area contributed by atoms with Crippen LogP contribution in [0, 0.1) is 5.92 Å². The molecule has 0 amide bonds.